The summed E-state index contributed by atoms with van der Waals surface area (Å²) in [5.74, 6) is -2.20. The topological polar surface area (TPSA) is 122 Å². The molecular formula is C28H23ClN2O7. The number of aromatic carboxylic acids is 1. The average Bonchev–Trinajstić information content (AvgIpc) is 2.87. The van der Waals surface area contributed by atoms with Gasteiger partial charge in [-0.15, -0.1) is 0 Å². The molecule has 4 amide bonds. The van der Waals surface area contributed by atoms with Crippen molar-refractivity contribution in [3.8, 4) is 11.5 Å². The fourth-order valence-electron chi connectivity index (χ4n) is 3.78. The number of ether oxygens (including phenoxy) is 2. The molecule has 0 saturated carbocycles. The van der Waals surface area contributed by atoms with E-state index in [1.54, 1.807) is 49.4 Å². The molecule has 0 bridgehead atoms. The van der Waals surface area contributed by atoms with Gasteiger partial charge >= 0.3 is 12.0 Å². The summed E-state index contributed by atoms with van der Waals surface area (Å²) >= 11 is 6.49. The van der Waals surface area contributed by atoms with Crippen molar-refractivity contribution in [2.75, 3.05) is 11.5 Å². The van der Waals surface area contributed by atoms with E-state index in [2.05, 4.69) is 5.32 Å². The quantitative estimate of drug-likeness (QED) is 0.308. The standard InChI is InChI=1S/C28H23ClN2O7/c1-3-37-23-14-18(13-22(29)24(23)38-15-17-5-4-6-19(11-17)27(34)35)12-21-25(32)30-28(36)31(26(21)33)20-9-7-16(2)8-10-20/h4-14H,3,15H2,1-2H3,(H,34,35)(H,30,32,36)/b21-12+. The van der Waals surface area contributed by atoms with E-state index in [0.29, 0.717) is 16.8 Å². The van der Waals surface area contributed by atoms with Crippen LogP contribution in [0.5, 0.6) is 11.5 Å². The van der Waals surface area contributed by atoms with Gasteiger partial charge in [0.2, 0.25) is 0 Å². The summed E-state index contributed by atoms with van der Waals surface area (Å²) in [6, 6.07) is 15.2. The number of anilines is 1. The number of rotatable bonds is 8. The molecule has 3 aromatic carbocycles. The highest BCUT2D eigenvalue weighted by Crippen LogP contribution is 2.38. The lowest BCUT2D eigenvalue weighted by Crippen LogP contribution is -2.54. The van der Waals surface area contributed by atoms with Gasteiger partial charge in [-0.25, -0.2) is 14.5 Å². The smallest absolute Gasteiger partial charge is 0.335 e. The minimum absolute atomic E-state index is 0.0237. The lowest BCUT2D eigenvalue weighted by Gasteiger charge is -2.26. The van der Waals surface area contributed by atoms with Crippen molar-refractivity contribution in [1.29, 1.82) is 0 Å². The number of carbonyl (C=O) groups excluding carboxylic acids is 3. The minimum Gasteiger partial charge on any atom is -0.490 e. The fraction of sp³-hybridized carbons (Fsp3) is 0.143. The van der Waals surface area contributed by atoms with Crippen molar-refractivity contribution in [2.45, 2.75) is 20.5 Å². The molecule has 0 aliphatic carbocycles. The second-order valence-corrected chi connectivity index (χ2v) is 8.76. The molecule has 0 unspecified atom stereocenters. The number of nitrogens with one attached hydrogen (secondary N) is 1. The third-order valence-electron chi connectivity index (χ3n) is 5.59. The summed E-state index contributed by atoms with van der Waals surface area (Å²) < 4.78 is 11.5. The third kappa shape index (κ3) is 5.68. The van der Waals surface area contributed by atoms with E-state index in [0.717, 1.165) is 10.5 Å². The van der Waals surface area contributed by atoms with E-state index < -0.39 is 23.8 Å². The maximum Gasteiger partial charge on any atom is 0.335 e. The van der Waals surface area contributed by atoms with Gasteiger partial charge in [-0.1, -0.05) is 41.4 Å². The molecule has 3 aromatic rings. The summed E-state index contributed by atoms with van der Waals surface area (Å²) in [5.41, 5.74) is 2.11. The molecule has 10 heteroatoms. The predicted octanol–water partition coefficient (Wildman–Crippen LogP) is 4.99. The summed E-state index contributed by atoms with van der Waals surface area (Å²) in [6.45, 7) is 3.94. The molecule has 2 N–H and O–H groups in total. The Kier molecular flexibility index (Phi) is 7.78. The zero-order chi connectivity index (χ0) is 27.4. The number of carboxylic acids is 1. The van der Waals surface area contributed by atoms with Crippen LogP contribution in [0, 0.1) is 6.92 Å². The molecule has 0 spiro atoms. The number of carboxylic acid groups (broad SMARTS) is 1. The van der Waals surface area contributed by atoms with E-state index in [1.165, 1.54) is 24.3 Å². The molecule has 9 nitrogen and oxygen atoms in total. The number of aryl methyl sites for hydroxylation is 1. The van der Waals surface area contributed by atoms with Crippen molar-refractivity contribution >= 4 is 47.2 Å². The first-order chi connectivity index (χ1) is 18.2. The van der Waals surface area contributed by atoms with E-state index in [9.17, 15) is 24.3 Å². The minimum atomic E-state index is -1.05. The highest BCUT2D eigenvalue weighted by atomic mass is 35.5. The van der Waals surface area contributed by atoms with Crippen molar-refractivity contribution in [3.63, 3.8) is 0 Å². The first-order valence-electron chi connectivity index (χ1n) is 11.6. The van der Waals surface area contributed by atoms with Crippen LogP contribution in [0.3, 0.4) is 0 Å². The fourth-order valence-corrected chi connectivity index (χ4v) is 4.05. The summed E-state index contributed by atoms with van der Waals surface area (Å²) in [4.78, 5) is 50.3. The predicted molar refractivity (Wildman–Crippen MR) is 141 cm³/mol. The molecule has 0 atom stereocenters. The molecule has 0 aromatic heterocycles. The Labute approximate surface area is 223 Å². The second-order valence-electron chi connectivity index (χ2n) is 8.35. The van der Waals surface area contributed by atoms with Crippen LogP contribution in [0.2, 0.25) is 5.02 Å². The SMILES string of the molecule is CCOc1cc(/C=C2\C(=O)NC(=O)N(c3ccc(C)cc3)C2=O)cc(Cl)c1OCc1cccc(C(=O)O)c1. The van der Waals surface area contributed by atoms with Crippen LogP contribution in [0.15, 0.2) is 66.2 Å². The van der Waals surface area contributed by atoms with Gasteiger partial charge < -0.3 is 14.6 Å². The van der Waals surface area contributed by atoms with Crippen molar-refractivity contribution < 1.29 is 33.8 Å². The number of benzene rings is 3. The van der Waals surface area contributed by atoms with Crippen LogP contribution in [0.25, 0.3) is 6.08 Å². The maximum absolute atomic E-state index is 13.2. The Hall–Kier alpha value is -4.63. The van der Waals surface area contributed by atoms with Gasteiger partial charge in [-0.05, 0) is 67.4 Å². The van der Waals surface area contributed by atoms with E-state index in [-0.39, 0.29) is 40.9 Å². The van der Waals surface area contributed by atoms with Crippen molar-refractivity contribution in [3.05, 3.63) is 93.5 Å². The number of amides is 4. The number of carbonyl (C=O) groups is 4. The molecule has 4 rings (SSSR count). The molecule has 1 heterocycles. The van der Waals surface area contributed by atoms with Crippen molar-refractivity contribution in [2.24, 2.45) is 0 Å². The van der Waals surface area contributed by atoms with Crippen LogP contribution >= 0.6 is 11.6 Å². The lowest BCUT2D eigenvalue weighted by atomic mass is 10.1. The maximum atomic E-state index is 13.2. The molecule has 0 radical (unpaired) electrons. The van der Waals surface area contributed by atoms with Crippen LogP contribution in [0.1, 0.15) is 34.0 Å². The number of nitrogens with zero attached hydrogens (tertiary/aromatic N) is 1. The van der Waals surface area contributed by atoms with E-state index in [1.807, 2.05) is 6.92 Å². The Balaban J connectivity index is 1.64. The Morgan fingerprint density at radius 2 is 1.79 bits per heavy atom. The van der Waals surface area contributed by atoms with Crippen molar-refractivity contribution in [1.82, 2.24) is 5.32 Å². The van der Waals surface area contributed by atoms with E-state index in [4.69, 9.17) is 21.1 Å². The average molecular weight is 535 g/mol. The monoisotopic (exact) mass is 534 g/mol. The van der Waals surface area contributed by atoms with Gasteiger partial charge in [0, 0.05) is 0 Å². The van der Waals surface area contributed by atoms with Gasteiger partial charge in [-0.2, -0.15) is 0 Å². The van der Waals surface area contributed by atoms with Gasteiger partial charge in [0.15, 0.2) is 11.5 Å². The van der Waals surface area contributed by atoms with Crippen LogP contribution in [0.4, 0.5) is 10.5 Å². The van der Waals surface area contributed by atoms with Gasteiger partial charge in [0.1, 0.15) is 12.2 Å². The molecule has 1 aliphatic rings. The molecular weight excluding hydrogens is 512 g/mol. The Morgan fingerprint density at radius 1 is 1.05 bits per heavy atom. The summed E-state index contributed by atoms with van der Waals surface area (Å²) in [7, 11) is 0. The zero-order valence-corrected chi connectivity index (χ0v) is 21.2. The second kappa shape index (κ2) is 11.2. The van der Waals surface area contributed by atoms with Crippen LogP contribution in [-0.2, 0) is 16.2 Å². The third-order valence-corrected chi connectivity index (χ3v) is 5.87. The zero-order valence-electron chi connectivity index (χ0n) is 20.5. The molecule has 194 valence electrons. The van der Waals surface area contributed by atoms with Gasteiger partial charge in [0.25, 0.3) is 11.8 Å². The highest BCUT2D eigenvalue weighted by molar-refractivity contribution is 6.39. The Bertz CT molecular complexity index is 1460. The molecule has 38 heavy (non-hydrogen) atoms. The summed E-state index contributed by atoms with van der Waals surface area (Å²) in [6.07, 6.45) is 1.32. The lowest BCUT2D eigenvalue weighted by molar-refractivity contribution is -0.122. The van der Waals surface area contributed by atoms with Gasteiger partial charge in [0.05, 0.1) is 22.9 Å². The largest absolute Gasteiger partial charge is 0.490 e. The molecule has 1 saturated heterocycles. The Morgan fingerprint density at radius 3 is 2.47 bits per heavy atom. The van der Waals surface area contributed by atoms with Crippen LogP contribution < -0.4 is 19.7 Å². The number of urea groups is 1. The number of hydrogen-bond acceptors (Lipinski definition) is 6. The first-order valence-corrected chi connectivity index (χ1v) is 11.9. The van der Waals surface area contributed by atoms with Crippen LogP contribution in [-0.4, -0.2) is 35.5 Å². The van der Waals surface area contributed by atoms with Gasteiger partial charge in [-0.3, -0.25) is 14.9 Å². The number of imide groups is 2. The number of halogens is 1. The number of hydrogen-bond donors (Lipinski definition) is 2. The first kappa shape index (κ1) is 26.4. The summed E-state index contributed by atoms with van der Waals surface area (Å²) in [5, 5.41) is 11.5. The normalized spacial score (nSPS) is 14.4. The molecule has 1 fully saturated rings. The van der Waals surface area contributed by atoms with E-state index >= 15 is 0 Å². The molecule has 1 aliphatic heterocycles. The number of barbiturate groups is 1. The highest BCUT2D eigenvalue weighted by Gasteiger charge is 2.36.